The minimum absolute atomic E-state index is 0.00491. The average molecular weight is 522 g/mol. The van der Waals surface area contributed by atoms with Gasteiger partial charge >= 0.3 is 0 Å². The van der Waals surface area contributed by atoms with E-state index in [0.29, 0.717) is 37.1 Å². The van der Waals surface area contributed by atoms with Crippen LogP contribution in [0.4, 0.5) is 5.82 Å². The number of nitrogens with one attached hydrogen (secondary N) is 1. The Bertz CT molecular complexity index is 1300. The van der Waals surface area contributed by atoms with Crippen molar-refractivity contribution < 1.29 is 8.42 Å². The summed E-state index contributed by atoms with van der Waals surface area (Å²) in [6.45, 7) is 6.48. The summed E-state index contributed by atoms with van der Waals surface area (Å²) >= 11 is 0. The Kier molecular flexibility index (Phi) is 8.07. The highest BCUT2D eigenvalue weighted by molar-refractivity contribution is 7.89. The summed E-state index contributed by atoms with van der Waals surface area (Å²) in [4.78, 5) is 12.6. The lowest BCUT2D eigenvalue weighted by Gasteiger charge is -2.37. The topological polar surface area (TPSA) is 78.4 Å². The van der Waals surface area contributed by atoms with E-state index in [4.69, 9.17) is 9.97 Å². The van der Waals surface area contributed by atoms with Crippen molar-refractivity contribution in [2.24, 2.45) is 0 Å². The van der Waals surface area contributed by atoms with E-state index in [2.05, 4.69) is 36.2 Å². The second-order valence-corrected chi connectivity index (χ2v) is 12.4. The molecule has 0 spiro atoms. The van der Waals surface area contributed by atoms with E-state index < -0.39 is 10.0 Å². The number of fused-ring (bicyclic) bond motifs is 1. The molecule has 0 amide bonds. The molecular weight excluding hydrogens is 482 g/mol. The van der Waals surface area contributed by atoms with Crippen molar-refractivity contribution in [3.63, 3.8) is 0 Å². The van der Waals surface area contributed by atoms with Crippen molar-refractivity contribution >= 4 is 26.7 Å². The molecule has 1 aliphatic carbocycles. The van der Waals surface area contributed by atoms with Crippen LogP contribution >= 0.6 is 0 Å². The Labute approximate surface area is 221 Å². The average Bonchev–Trinajstić information content (AvgIpc) is 2.94. The zero-order valence-corrected chi connectivity index (χ0v) is 22.9. The predicted molar refractivity (Wildman–Crippen MR) is 149 cm³/mol. The largest absolute Gasteiger partial charge is 0.367 e. The fourth-order valence-electron chi connectivity index (χ4n) is 5.59. The number of aryl methyl sites for hydroxylation is 1. The Morgan fingerprint density at radius 3 is 2.35 bits per heavy atom. The number of nitrogens with zero attached hydrogens (tertiary/aromatic N) is 4. The third-order valence-electron chi connectivity index (χ3n) is 7.86. The molecule has 1 saturated carbocycles. The van der Waals surface area contributed by atoms with Crippen LogP contribution in [-0.2, 0) is 16.4 Å². The van der Waals surface area contributed by atoms with Gasteiger partial charge in [-0.3, -0.25) is 4.90 Å². The van der Waals surface area contributed by atoms with E-state index >= 15 is 0 Å². The molecule has 1 aromatic heterocycles. The summed E-state index contributed by atoms with van der Waals surface area (Å²) in [6, 6.07) is 16.0. The maximum absolute atomic E-state index is 13.3. The van der Waals surface area contributed by atoms with Crippen LogP contribution in [0.5, 0.6) is 0 Å². The minimum atomic E-state index is -3.49. The van der Waals surface area contributed by atoms with Crippen molar-refractivity contribution in [2.75, 3.05) is 31.5 Å². The van der Waals surface area contributed by atoms with E-state index in [0.717, 1.165) is 35.4 Å². The molecule has 3 aromatic rings. The summed E-state index contributed by atoms with van der Waals surface area (Å²) < 4.78 is 28.1. The molecule has 0 radical (unpaired) electrons. The first kappa shape index (κ1) is 26.1. The first-order valence-electron chi connectivity index (χ1n) is 13.8. The Morgan fingerprint density at radius 2 is 1.65 bits per heavy atom. The van der Waals surface area contributed by atoms with Crippen molar-refractivity contribution in [1.82, 2.24) is 19.2 Å². The van der Waals surface area contributed by atoms with E-state index in [1.165, 1.54) is 37.7 Å². The molecule has 198 valence electrons. The zero-order valence-electron chi connectivity index (χ0n) is 22.1. The predicted octanol–water partition coefficient (Wildman–Crippen LogP) is 5.39. The number of benzene rings is 2. The van der Waals surface area contributed by atoms with Crippen LogP contribution in [0.3, 0.4) is 0 Å². The van der Waals surface area contributed by atoms with E-state index in [-0.39, 0.29) is 6.04 Å². The lowest BCUT2D eigenvalue weighted by molar-refractivity contribution is 0.141. The van der Waals surface area contributed by atoms with Crippen molar-refractivity contribution in [3.05, 3.63) is 59.9 Å². The fourth-order valence-corrected chi connectivity index (χ4v) is 7.01. The van der Waals surface area contributed by atoms with Gasteiger partial charge in [0.2, 0.25) is 10.0 Å². The van der Waals surface area contributed by atoms with Crippen molar-refractivity contribution in [3.8, 4) is 0 Å². The smallest absolute Gasteiger partial charge is 0.243 e. The summed E-state index contributed by atoms with van der Waals surface area (Å²) in [5.74, 6) is 1.71. The molecule has 1 aliphatic heterocycles. The fraction of sp³-hybridized carbons (Fsp3) is 0.517. The number of hydrogen-bond acceptors (Lipinski definition) is 6. The van der Waals surface area contributed by atoms with Gasteiger partial charge in [0.15, 0.2) is 0 Å². The van der Waals surface area contributed by atoms with Gasteiger partial charge in [0.25, 0.3) is 0 Å². The van der Waals surface area contributed by atoms with Crippen LogP contribution in [0, 0.1) is 0 Å². The van der Waals surface area contributed by atoms with Gasteiger partial charge in [0.05, 0.1) is 16.5 Å². The molecule has 2 fully saturated rings. The normalized spacial score (nSPS) is 19.2. The van der Waals surface area contributed by atoms with E-state index in [1.807, 2.05) is 24.3 Å². The maximum Gasteiger partial charge on any atom is 0.243 e. The minimum Gasteiger partial charge on any atom is -0.367 e. The molecule has 1 N–H and O–H groups in total. The van der Waals surface area contributed by atoms with Gasteiger partial charge in [0, 0.05) is 37.6 Å². The number of sulfonamides is 1. The monoisotopic (exact) mass is 521 g/mol. The number of para-hydroxylation sites is 1. The lowest BCUT2D eigenvalue weighted by Crippen LogP contribution is -2.49. The molecule has 2 aliphatic rings. The highest BCUT2D eigenvalue weighted by Gasteiger charge is 2.31. The molecular formula is C29H39N5O2S. The summed E-state index contributed by atoms with van der Waals surface area (Å²) in [5, 5.41) is 4.78. The molecule has 37 heavy (non-hydrogen) atoms. The molecule has 2 aromatic carbocycles. The molecule has 0 bridgehead atoms. The SMILES string of the molecule is CCCc1ccc(S(=O)(=O)N2CCN([C@H](C)c3nc(NC4CCCCC4)c4ccccc4n3)CC2)cc1. The van der Waals surface area contributed by atoms with Crippen molar-refractivity contribution in [1.29, 1.82) is 0 Å². The van der Waals surface area contributed by atoms with Crippen LogP contribution < -0.4 is 5.32 Å². The zero-order chi connectivity index (χ0) is 25.8. The number of aromatic nitrogens is 2. The summed E-state index contributed by atoms with van der Waals surface area (Å²) in [6.07, 6.45) is 8.22. The maximum atomic E-state index is 13.3. The van der Waals surface area contributed by atoms with E-state index in [1.54, 1.807) is 16.4 Å². The van der Waals surface area contributed by atoms with Gasteiger partial charge < -0.3 is 5.32 Å². The number of anilines is 1. The Morgan fingerprint density at radius 1 is 0.946 bits per heavy atom. The van der Waals surface area contributed by atoms with Crippen molar-refractivity contribution in [2.45, 2.75) is 75.8 Å². The highest BCUT2D eigenvalue weighted by atomic mass is 32.2. The second-order valence-electron chi connectivity index (χ2n) is 10.4. The third-order valence-corrected chi connectivity index (χ3v) is 9.77. The molecule has 2 heterocycles. The Hall–Kier alpha value is -2.55. The van der Waals surface area contributed by atoms with Crippen LogP contribution in [0.15, 0.2) is 53.4 Å². The standard InChI is InChI=1S/C29H39N5O2S/c1-3-9-23-14-16-25(17-15-23)37(35,36)34-20-18-33(19-21-34)22(2)28-31-27-13-8-7-12-26(27)29(32-28)30-24-10-5-4-6-11-24/h7-8,12-17,22,24H,3-6,9-11,18-21H2,1-2H3,(H,30,31,32)/t22-/m1/s1. The van der Waals surface area contributed by atoms with Gasteiger partial charge in [-0.15, -0.1) is 0 Å². The van der Waals surface area contributed by atoms with Gasteiger partial charge in [-0.2, -0.15) is 4.31 Å². The number of rotatable bonds is 8. The molecule has 8 heteroatoms. The number of hydrogen-bond donors (Lipinski definition) is 1. The molecule has 7 nitrogen and oxygen atoms in total. The van der Waals surface area contributed by atoms with Gasteiger partial charge in [-0.05, 0) is 56.0 Å². The van der Waals surface area contributed by atoms with Crippen LogP contribution in [0.2, 0.25) is 0 Å². The summed E-state index contributed by atoms with van der Waals surface area (Å²) in [5.41, 5.74) is 2.12. The Balaban J connectivity index is 1.29. The lowest BCUT2D eigenvalue weighted by atomic mass is 9.95. The third kappa shape index (κ3) is 5.81. The molecule has 5 rings (SSSR count). The molecule has 0 unspecified atom stereocenters. The summed E-state index contributed by atoms with van der Waals surface area (Å²) in [7, 11) is -3.49. The second kappa shape index (κ2) is 11.5. The quantitative estimate of drug-likeness (QED) is 0.428. The first-order chi connectivity index (χ1) is 18.0. The van der Waals surface area contributed by atoms with E-state index in [9.17, 15) is 8.42 Å². The van der Waals surface area contributed by atoms with Gasteiger partial charge in [-0.25, -0.2) is 18.4 Å². The number of piperazine rings is 1. The van der Waals surface area contributed by atoms with Crippen LogP contribution in [0.1, 0.15) is 69.8 Å². The first-order valence-corrected chi connectivity index (χ1v) is 15.3. The molecule has 1 atom stereocenters. The van der Waals surface area contributed by atoms with Gasteiger partial charge in [-0.1, -0.05) is 56.9 Å². The van der Waals surface area contributed by atoms with Crippen LogP contribution in [-0.4, -0.2) is 59.8 Å². The van der Waals surface area contributed by atoms with Gasteiger partial charge in [0.1, 0.15) is 11.6 Å². The van der Waals surface area contributed by atoms with Crippen LogP contribution in [0.25, 0.3) is 10.9 Å². The highest BCUT2D eigenvalue weighted by Crippen LogP contribution is 2.29. The molecule has 1 saturated heterocycles.